The van der Waals surface area contributed by atoms with Gasteiger partial charge < -0.3 is 28.7 Å². The van der Waals surface area contributed by atoms with Crippen molar-refractivity contribution in [2.45, 2.75) is 52.2 Å². The lowest BCUT2D eigenvalue weighted by atomic mass is 9.94. The van der Waals surface area contributed by atoms with Crippen molar-refractivity contribution in [2.24, 2.45) is 11.8 Å². The van der Waals surface area contributed by atoms with Crippen molar-refractivity contribution in [1.82, 2.24) is 0 Å². The third kappa shape index (κ3) is 7.23. The smallest absolute Gasteiger partial charge is 0.357 e. The highest BCUT2D eigenvalue weighted by atomic mass is 31.2. The van der Waals surface area contributed by atoms with Crippen molar-refractivity contribution in [3.05, 3.63) is 35.9 Å². The first kappa shape index (κ1) is 25.2. The Labute approximate surface area is 168 Å². The van der Waals surface area contributed by atoms with E-state index in [1.54, 1.807) is 27.7 Å². The zero-order chi connectivity index (χ0) is 21.2. The fourth-order valence-corrected chi connectivity index (χ4v) is 5.00. The van der Waals surface area contributed by atoms with Gasteiger partial charge in [0.05, 0.1) is 19.3 Å². The first-order valence-corrected chi connectivity index (χ1v) is 11.2. The zero-order valence-electron chi connectivity index (χ0n) is 17.5. The monoisotopic (exact) mass is 418 g/mol. The second-order valence-corrected chi connectivity index (χ2v) is 9.24. The van der Waals surface area contributed by atoms with Gasteiger partial charge in [0.15, 0.2) is 5.34 Å². The molecule has 1 atom stereocenters. The summed E-state index contributed by atoms with van der Waals surface area (Å²) in [5, 5.41) is -1.59. The van der Waals surface area contributed by atoms with Gasteiger partial charge in [0.1, 0.15) is 6.79 Å². The van der Waals surface area contributed by atoms with Gasteiger partial charge in [-0.3, -0.25) is 4.57 Å². The van der Waals surface area contributed by atoms with Gasteiger partial charge in [-0.15, -0.1) is 0 Å². The molecule has 2 N–H and O–H groups in total. The van der Waals surface area contributed by atoms with E-state index in [9.17, 15) is 14.4 Å². The molecule has 0 saturated heterocycles. The minimum atomic E-state index is -4.55. The molecule has 0 unspecified atom stereocenters. The van der Waals surface area contributed by atoms with Crippen LogP contribution in [0.5, 0.6) is 0 Å². The molecule has 0 radical (unpaired) electrons. The Kier molecular flexibility index (Phi) is 10.8. The Morgan fingerprint density at radius 2 is 1.64 bits per heavy atom. The van der Waals surface area contributed by atoms with E-state index in [4.69, 9.17) is 18.9 Å². The molecule has 1 aromatic rings. The lowest BCUT2D eigenvalue weighted by molar-refractivity contribution is -0.148. The van der Waals surface area contributed by atoms with Crippen molar-refractivity contribution < 1.29 is 33.3 Å². The Balaban J connectivity index is 2.81. The molecular formula is C20H35O7P. The van der Waals surface area contributed by atoms with Gasteiger partial charge in [-0.05, 0) is 23.8 Å². The normalized spacial score (nSPS) is 14.0. The fraction of sp³-hybridized carbons (Fsp3) is 0.700. The Bertz CT molecular complexity index is 577. The summed E-state index contributed by atoms with van der Waals surface area (Å²) in [6.45, 7) is 8.13. The van der Waals surface area contributed by atoms with Crippen LogP contribution in [0.1, 0.15) is 39.7 Å². The molecule has 0 amide bonds. The molecule has 1 aromatic carbocycles. The predicted molar refractivity (Wildman–Crippen MR) is 108 cm³/mol. The maximum absolute atomic E-state index is 12.4. The zero-order valence-corrected chi connectivity index (χ0v) is 18.4. The summed E-state index contributed by atoms with van der Waals surface area (Å²) in [4.78, 5) is 20.2. The van der Waals surface area contributed by atoms with Crippen LogP contribution in [-0.4, -0.2) is 48.3 Å². The average molecular weight is 418 g/mol. The molecule has 8 heteroatoms. The van der Waals surface area contributed by atoms with E-state index in [0.717, 1.165) is 5.56 Å². The molecule has 1 rings (SSSR count). The standard InChI is InChI=1S/C20H35O7P/c1-16(2)20(17(3)4,28(21,22)23)27-19(14-26-15-24-5)11-12-25-13-18-9-7-6-8-10-18/h6-10,16-17,19H,11-15H2,1-5H3,(H2,21,22,23)/t19-/m0/s1. The van der Waals surface area contributed by atoms with Crippen molar-refractivity contribution in [3.63, 3.8) is 0 Å². The molecule has 0 aromatic heterocycles. The highest BCUT2D eigenvalue weighted by Crippen LogP contribution is 2.59. The third-order valence-corrected chi connectivity index (χ3v) is 6.71. The number of benzene rings is 1. The number of rotatable bonds is 14. The lowest BCUT2D eigenvalue weighted by Gasteiger charge is -2.43. The second-order valence-electron chi connectivity index (χ2n) is 7.45. The maximum atomic E-state index is 12.4. The van der Waals surface area contributed by atoms with Gasteiger partial charge >= 0.3 is 7.60 Å². The summed E-state index contributed by atoms with van der Waals surface area (Å²) >= 11 is 0. The van der Waals surface area contributed by atoms with Crippen LogP contribution in [0.15, 0.2) is 30.3 Å². The van der Waals surface area contributed by atoms with Gasteiger partial charge in [-0.1, -0.05) is 58.0 Å². The van der Waals surface area contributed by atoms with E-state index in [2.05, 4.69) is 0 Å². The Hall–Kier alpha value is -0.790. The molecule has 28 heavy (non-hydrogen) atoms. The van der Waals surface area contributed by atoms with Crippen molar-refractivity contribution >= 4 is 7.60 Å². The van der Waals surface area contributed by atoms with Gasteiger partial charge in [0.25, 0.3) is 0 Å². The molecule has 162 valence electrons. The minimum absolute atomic E-state index is 0.0804. The van der Waals surface area contributed by atoms with Gasteiger partial charge in [-0.2, -0.15) is 0 Å². The predicted octanol–water partition coefficient (Wildman–Crippen LogP) is 3.79. The highest BCUT2D eigenvalue weighted by molar-refractivity contribution is 7.53. The van der Waals surface area contributed by atoms with Crippen LogP contribution in [0.2, 0.25) is 0 Å². The summed E-state index contributed by atoms with van der Waals surface area (Å²) in [5.41, 5.74) is 1.06. The first-order valence-electron chi connectivity index (χ1n) is 9.57. The molecule has 7 nitrogen and oxygen atoms in total. The third-order valence-electron chi connectivity index (χ3n) is 4.67. The largest absolute Gasteiger partial charge is 0.377 e. The average Bonchev–Trinajstić information content (AvgIpc) is 2.61. The van der Waals surface area contributed by atoms with Crippen molar-refractivity contribution in [3.8, 4) is 0 Å². The number of hydrogen-bond donors (Lipinski definition) is 2. The van der Waals surface area contributed by atoms with Crippen LogP contribution >= 0.6 is 7.60 Å². The fourth-order valence-electron chi connectivity index (χ4n) is 3.37. The van der Waals surface area contributed by atoms with Gasteiger partial charge in [-0.25, -0.2) is 0 Å². The summed E-state index contributed by atoms with van der Waals surface area (Å²) in [6, 6.07) is 9.80. The quantitative estimate of drug-likeness (QED) is 0.270. The Morgan fingerprint density at radius 1 is 1.04 bits per heavy atom. The molecule has 0 aliphatic rings. The molecule has 0 spiro atoms. The number of hydrogen-bond acceptors (Lipinski definition) is 5. The van der Waals surface area contributed by atoms with Crippen LogP contribution in [0.4, 0.5) is 0 Å². The van der Waals surface area contributed by atoms with Crippen LogP contribution in [0.3, 0.4) is 0 Å². The molecule has 0 bridgehead atoms. The first-order chi connectivity index (χ1) is 13.1. The molecule has 0 aliphatic heterocycles. The second kappa shape index (κ2) is 12.0. The molecule has 0 saturated carbocycles. The molecule has 0 heterocycles. The van der Waals surface area contributed by atoms with E-state index in [-0.39, 0.29) is 25.2 Å². The van der Waals surface area contributed by atoms with E-state index in [1.165, 1.54) is 7.11 Å². The molecule has 0 aliphatic carbocycles. The minimum Gasteiger partial charge on any atom is -0.377 e. The van der Waals surface area contributed by atoms with E-state index >= 15 is 0 Å². The van der Waals surface area contributed by atoms with Crippen molar-refractivity contribution in [2.75, 3.05) is 27.1 Å². The number of methoxy groups -OCH3 is 1. The SMILES string of the molecule is COCOC[C@H](CCOCc1ccccc1)OC(C(C)C)(C(C)C)P(=O)(O)O. The van der Waals surface area contributed by atoms with E-state index in [0.29, 0.717) is 19.6 Å². The van der Waals surface area contributed by atoms with Crippen LogP contribution in [0, 0.1) is 11.8 Å². The lowest BCUT2D eigenvalue weighted by Crippen LogP contribution is -2.47. The Morgan fingerprint density at radius 3 is 2.14 bits per heavy atom. The van der Waals surface area contributed by atoms with Crippen LogP contribution in [0.25, 0.3) is 0 Å². The topological polar surface area (TPSA) is 94.5 Å². The molecule has 0 fully saturated rings. The summed E-state index contributed by atoms with van der Waals surface area (Å²) in [7, 11) is -3.03. The van der Waals surface area contributed by atoms with Gasteiger partial charge in [0.2, 0.25) is 0 Å². The highest BCUT2D eigenvalue weighted by Gasteiger charge is 2.54. The van der Waals surface area contributed by atoms with Gasteiger partial charge in [0, 0.05) is 13.7 Å². The number of ether oxygens (including phenoxy) is 4. The maximum Gasteiger partial charge on any atom is 0.357 e. The summed E-state index contributed by atoms with van der Waals surface area (Å²) in [6.07, 6.45) is -0.0964. The molecular weight excluding hydrogens is 383 g/mol. The van der Waals surface area contributed by atoms with E-state index in [1.807, 2.05) is 30.3 Å². The van der Waals surface area contributed by atoms with Crippen molar-refractivity contribution in [1.29, 1.82) is 0 Å². The summed E-state index contributed by atoms with van der Waals surface area (Å²) < 4.78 is 34.5. The van der Waals surface area contributed by atoms with Crippen LogP contribution < -0.4 is 0 Å². The van der Waals surface area contributed by atoms with Crippen LogP contribution in [-0.2, 0) is 30.1 Å². The van der Waals surface area contributed by atoms with E-state index < -0.39 is 19.0 Å². The summed E-state index contributed by atoms with van der Waals surface area (Å²) in [5.74, 6) is -0.771.